The number of hydrogen-bond donors (Lipinski definition) is 1. The van der Waals surface area contributed by atoms with Crippen LogP contribution in [0.2, 0.25) is 0 Å². The molecule has 1 heterocycles. The van der Waals surface area contributed by atoms with Crippen molar-refractivity contribution in [2.24, 2.45) is 5.92 Å². The van der Waals surface area contributed by atoms with Crippen LogP contribution < -0.4 is 5.32 Å². The summed E-state index contributed by atoms with van der Waals surface area (Å²) in [5, 5.41) is 3.15. The lowest BCUT2D eigenvalue weighted by molar-refractivity contribution is -0.138. The standard InChI is InChI=1S/C12H20F2N2O/c1-15-10-4-7-16(8-10)11(17)9-2-5-12(13,14)6-3-9/h9-10,15H,2-8H2,1H3/t10-/m0/s1. The molecule has 1 saturated heterocycles. The van der Waals surface area contributed by atoms with E-state index in [-0.39, 0.29) is 24.7 Å². The number of alkyl halides is 2. The molecule has 2 aliphatic rings. The number of nitrogens with one attached hydrogen (secondary N) is 1. The van der Waals surface area contributed by atoms with Gasteiger partial charge in [-0.05, 0) is 26.3 Å². The van der Waals surface area contributed by atoms with E-state index < -0.39 is 5.92 Å². The van der Waals surface area contributed by atoms with Crippen LogP contribution in [-0.4, -0.2) is 42.9 Å². The molecule has 0 bridgehead atoms. The number of carbonyl (C=O) groups excluding carboxylic acids is 1. The predicted octanol–water partition coefficient (Wildman–Crippen LogP) is 1.63. The summed E-state index contributed by atoms with van der Waals surface area (Å²) in [6, 6.07) is 0.365. The summed E-state index contributed by atoms with van der Waals surface area (Å²) in [7, 11) is 1.89. The molecule has 1 amide bonds. The minimum Gasteiger partial charge on any atom is -0.341 e. The second-order valence-electron chi connectivity index (χ2n) is 5.19. The summed E-state index contributed by atoms with van der Waals surface area (Å²) in [4.78, 5) is 14.0. The molecule has 2 fully saturated rings. The van der Waals surface area contributed by atoms with Gasteiger partial charge < -0.3 is 10.2 Å². The third-order valence-electron chi connectivity index (χ3n) is 3.97. The number of halogens is 2. The maximum Gasteiger partial charge on any atom is 0.248 e. The van der Waals surface area contributed by atoms with Gasteiger partial charge in [0.25, 0.3) is 0 Å². The van der Waals surface area contributed by atoms with Gasteiger partial charge in [0.1, 0.15) is 0 Å². The lowest BCUT2D eigenvalue weighted by atomic mass is 9.86. The Morgan fingerprint density at radius 3 is 2.47 bits per heavy atom. The quantitative estimate of drug-likeness (QED) is 0.803. The van der Waals surface area contributed by atoms with E-state index in [1.165, 1.54) is 0 Å². The minimum atomic E-state index is -2.55. The van der Waals surface area contributed by atoms with Crippen LogP contribution in [-0.2, 0) is 4.79 Å². The Kier molecular flexibility index (Phi) is 3.66. The molecule has 1 atom stereocenters. The Morgan fingerprint density at radius 1 is 1.29 bits per heavy atom. The zero-order valence-electron chi connectivity index (χ0n) is 10.2. The Hall–Kier alpha value is -0.710. The SMILES string of the molecule is CN[C@H]1CCN(C(=O)C2CCC(F)(F)CC2)C1. The van der Waals surface area contributed by atoms with Gasteiger partial charge in [-0.1, -0.05) is 0 Å². The van der Waals surface area contributed by atoms with Crippen LogP contribution in [0, 0.1) is 5.92 Å². The highest BCUT2D eigenvalue weighted by Crippen LogP contribution is 2.37. The molecule has 98 valence electrons. The maximum atomic E-state index is 13.0. The molecule has 0 aromatic heterocycles. The highest BCUT2D eigenvalue weighted by Gasteiger charge is 2.39. The Bertz CT molecular complexity index is 286. The van der Waals surface area contributed by atoms with Gasteiger partial charge in [-0.15, -0.1) is 0 Å². The summed E-state index contributed by atoms with van der Waals surface area (Å²) in [6.07, 6.45) is 1.38. The second-order valence-corrected chi connectivity index (χ2v) is 5.19. The average molecular weight is 246 g/mol. The van der Waals surface area contributed by atoms with Crippen LogP contribution >= 0.6 is 0 Å². The summed E-state index contributed by atoms with van der Waals surface area (Å²) in [5.74, 6) is -2.64. The first-order valence-electron chi connectivity index (χ1n) is 6.36. The first-order chi connectivity index (χ1) is 8.02. The molecule has 1 N–H and O–H groups in total. The van der Waals surface area contributed by atoms with Gasteiger partial charge in [-0.2, -0.15) is 0 Å². The first-order valence-corrected chi connectivity index (χ1v) is 6.36. The van der Waals surface area contributed by atoms with Gasteiger partial charge in [0.15, 0.2) is 0 Å². The molecule has 0 unspecified atom stereocenters. The zero-order chi connectivity index (χ0) is 12.5. The Labute approximate surface area is 101 Å². The van der Waals surface area contributed by atoms with Crippen molar-refractivity contribution in [2.75, 3.05) is 20.1 Å². The van der Waals surface area contributed by atoms with Crippen LogP contribution in [0.25, 0.3) is 0 Å². The fourth-order valence-corrected chi connectivity index (χ4v) is 2.74. The number of likely N-dealkylation sites (N-methyl/N-ethyl adjacent to an activating group) is 1. The minimum absolute atomic E-state index is 0.0817. The van der Waals surface area contributed by atoms with Gasteiger partial charge in [0, 0.05) is 37.9 Å². The van der Waals surface area contributed by atoms with Crippen molar-refractivity contribution in [3.63, 3.8) is 0 Å². The third-order valence-corrected chi connectivity index (χ3v) is 3.97. The lowest BCUT2D eigenvalue weighted by Gasteiger charge is -2.30. The van der Waals surface area contributed by atoms with E-state index in [1.54, 1.807) is 0 Å². The van der Waals surface area contributed by atoms with Gasteiger partial charge in [0.2, 0.25) is 11.8 Å². The van der Waals surface area contributed by atoms with Crippen molar-refractivity contribution >= 4 is 5.91 Å². The molecular formula is C12H20F2N2O. The number of carbonyl (C=O) groups is 1. The number of likely N-dealkylation sites (tertiary alicyclic amines) is 1. The van der Waals surface area contributed by atoms with E-state index in [2.05, 4.69) is 5.32 Å². The number of hydrogen-bond acceptors (Lipinski definition) is 2. The largest absolute Gasteiger partial charge is 0.341 e. The fraction of sp³-hybridized carbons (Fsp3) is 0.917. The second kappa shape index (κ2) is 4.88. The van der Waals surface area contributed by atoms with E-state index in [0.29, 0.717) is 18.9 Å². The fourth-order valence-electron chi connectivity index (χ4n) is 2.74. The van der Waals surface area contributed by atoms with Gasteiger partial charge in [-0.3, -0.25) is 4.79 Å². The summed E-state index contributed by atoms with van der Waals surface area (Å²) < 4.78 is 26.0. The Balaban J connectivity index is 1.85. The van der Waals surface area contributed by atoms with Gasteiger partial charge in [0.05, 0.1) is 0 Å². The molecule has 3 nitrogen and oxygen atoms in total. The lowest BCUT2D eigenvalue weighted by Crippen LogP contribution is -2.39. The van der Waals surface area contributed by atoms with Crippen molar-refractivity contribution in [3.8, 4) is 0 Å². The van der Waals surface area contributed by atoms with Crippen molar-refractivity contribution in [1.82, 2.24) is 10.2 Å². The van der Waals surface area contributed by atoms with E-state index >= 15 is 0 Å². The average Bonchev–Trinajstić information content (AvgIpc) is 2.76. The number of nitrogens with zero attached hydrogens (tertiary/aromatic N) is 1. The molecule has 17 heavy (non-hydrogen) atoms. The Morgan fingerprint density at radius 2 is 1.94 bits per heavy atom. The summed E-state index contributed by atoms with van der Waals surface area (Å²) in [6.45, 7) is 1.49. The van der Waals surface area contributed by atoms with E-state index in [1.807, 2.05) is 11.9 Å². The molecule has 0 aromatic rings. The molecule has 2 rings (SSSR count). The van der Waals surface area contributed by atoms with Gasteiger partial charge >= 0.3 is 0 Å². The molecule has 1 saturated carbocycles. The molecule has 1 aliphatic heterocycles. The molecular weight excluding hydrogens is 226 g/mol. The van der Waals surface area contributed by atoms with Crippen molar-refractivity contribution < 1.29 is 13.6 Å². The van der Waals surface area contributed by atoms with E-state index in [9.17, 15) is 13.6 Å². The first kappa shape index (κ1) is 12.7. The van der Waals surface area contributed by atoms with Crippen LogP contribution in [0.4, 0.5) is 8.78 Å². The third kappa shape index (κ3) is 2.94. The normalized spacial score (nSPS) is 29.6. The van der Waals surface area contributed by atoms with Crippen molar-refractivity contribution in [3.05, 3.63) is 0 Å². The van der Waals surface area contributed by atoms with Crippen LogP contribution in [0.5, 0.6) is 0 Å². The van der Waals surface area contributed by atoms with E-state index in [0.717, 1.165) is 19.5 Å². The van der Waals surface area contributed by atoms with Gasteiger partial charge in [-0.25, -0.2) is 8.78 Å². The predicted molar refractivity (Wildman–Crippen MR) is 60.9 cm³/mol. The molecule has 0 aromatic carbocycles. The van der Waals surface area contributed by atoms with Crippen molar-refractivity contribution in [1.29, 1.82) is 0 Å². The van der Waals surface area contributed by atoms with Crippen molar-refractivity contribution in [2.45, 2.75) is 44.1 Å². The summed E-state index contributed by atoms with van der Waals surface area (Å²) in [5.41, 5.74) is 0. The van der Waals surface area contributed by atoms with Crippen LogP contribution in [0.1, 0.15) is 32.1 Å². The van der Waals surface area contributed by atoms with Crippen LogP contribution in [0.3, 0.4) is 0 Å². The molecule has 0 radical (unpaired) electrons. The summed E-state index contributed by atoms with van der Waals surface area (Å²) >= 11 is 0. The molecule has 1 aliphatic carbocycles. The highest BCUT2D eigenvalue weighted by molar-refractivity contribution is 5.79. The molecule has 5 heteroatoms. The molecule has 0 spiro atoms. The monoisotopic (exact) mass is 246 g/mol. The maximum absolute atomic E-state index is 13.0. The topological polar surface area (TPSA) is 32.3 Å². The zero-order valence-corrected chi connectivity index (χ0v) is 10.2. The smallest absolute Gasteiger partial charge is 0.248 e. The highest BCUT2D eigenvalue weighted by atomic mass is 19.3. The number of amides is 1. The van der Waals surface area contributed by atoms with Crippen LogP contribution in [0.15, 0.2) is 0 Å². The van der Waals surface area contributed by atoms with E-state index in [4.69, 9.17) is 0 Å². The number of rotatable bonds is 2.